The van der Waals surface area contributed by atoms with E-state index in [1.807, 2.05) is 40.7 Å². The van der Waals surface area contributed by atoms with Crippen molar-refractivity contribution in [2.24, 2.45) is 0 Å². The summed E-state index contributed by atoms with van der Waals surface area (Å²) in [6, 6.07) is 2.01. The summed E-state index contributed by atoms with van der Waals surface area (Å²) in [5.74, 6) is -0.138. The number of ether oxygens (including phenoxy) is 1. The minimum atomic E-state index is -0.328. The van der Waals surface area contributed by atoms with Crippen molar-refractivity contribution >= 4 is 5.91 Å². The van der Waals surface area contributed by atoms with E-state index in [2.05, 4.69) is 0 Å². The maximum absolute atomic E-state index is 11.7. The molecule has 0 N–H and O–H groups in total. The lowest BCUT2D eigenvalue weighted by molar-refractivity contribution is -0.142. The first kappa shape index (κ1) is 13.9. The van der Waals surface area contributed by atoms with Gasteiger partial charge in [-0.2, -0.15) is 5.26 Å². The first-order valence-corrected chi connectivity index (χ1v) is 5.08. The molecule has 15 heavy (non-hydrogen) atoms. The highest BCUT2D eigenvalue weighted by Gasteiger charge is 2.19. The van der Waals surface area contributed by atoms with Gasteiger partial charge in [-0.3, -0.25) is 4.79 Å². The first-order valence-electron chi connectivity index (χ1n) is 5.08. The summed E-state index contributed by atoms with van der Waals surface area (Å²) in [7, 11) is 0. The van der Waals surface area contributed by atoms with Gasteiger partial charge < -0.3 is 9.64 Å². The van der Waals surface area contributed by atoms with Gasteiger partial charge in [0.1, 0.15) is 13.2 Å². The van der Waals surface area contributed by atoms with Crippen molar-refractivity contribution in [3.05, 3.63) is 0 Å². The number of hydrogen-bond donors (Lipinski definition) is 0. The van der Waals surface area contributed by atoms with Crippen molar-refractivity contribution < 1.29 is 9.53 Å². The maximum Gasteiger partial charge on any atom is 0.249 e. The van der Waals surface area contributed by atoms with E-state index in [9.17, 15) is 4.79 Å². The van der Waals surface area contributed by atoms with Crippen LogP contribution in [0.2, 0.25) is 0 Å². The van der Waals surface area contributed by atoms with E-state index in [1.165, 1.54) is 4.90 Å². The number of rotatable bonds is 4. The topological polar surface area (TPSA) is 53.3 Å². The lowest BCUT2D eigenvalue weighted by atomic mass is 10.2. The molecule has 0 saturated carbocycles. The molecule has 1 amide bonds. The molecule has 0 aliphatic rings. The lowest BCUT2D eigenvalue weighted by Gasteiger charge is -2.26. The van der Waals surface area contributed by atoms with Crippen molar-refractivity contribution in [1.29, 1.82) is 5.26 Å². The van der Waals surface area contributed by atoms with Gasteiger partial charge in [0.15, 0.2) is 0 Å². The van der Waals surface area contributed by atoms with E-state index in [1.54, 1.807) is 0 Å². The van der Waals surface area contributed by atoms with Crippen LogP contribution >= 0.6 is 0 Å². The second-order valence-corrected chi connectivity index (χ2v) is 4.67. The van der Waals surface area contributed by atoms with Gasteiger partial charge >= 0.3 is 0 Å². The molecule has 0 atom stereocenters. The van der Waals surface area contributed by atoms with Crippen molar-refractivity contribution in [1.82, 2.24) is 4.90 Å². The number of carbonyl (C=O) groups excluding carboxylic acids is 1. The molecule has 0 spiro atoms. The predicted molar refractivity (Wildman–Crippen MR) is 58.2 cm³/mol. The van der Waals surface area contributed by atoms with Gasteiger partial charge in [-0.15, -0.1) is 0 Å². The molecule has 0 aliphatic heterocycles. The van der Waals surface area contributed by atoms with E-state index in [-0.39, 0.29) is 30.7 Å². The van der Waals surface area contributed by atoms with E-state index in [4.69, 9.17) is 10.00 Å². The highest BCUT2D eigenvalue weighted by atomic mass is 16.5. The molecule has 4 heteroatoms. The third kappa shape index (κ3) is 6.08. The number of nitriles is 1. The predicted octanol–water partition coefficient (Wildman–Crippen LogP) is 1.56. The molecular formula is C11H20N2O2. The van der Waals surface area contributed by atoms with Crippen LogP contribution in [0.4, 0.5) is 0 Å². The molecule has 4 nitrogen and oxygen atoms in total. The molecule has 0 radical (unpaired) electrons. The molecule has 0 bridgehead atoms. The standard InChI is InChI=1S/C11H20N2O2/c1-9(2)13(7-6-12)10(14)8-15-11(3,4)5/h9H,7-8H2,1-5H3. The molecule has 0 aromatic rings. The Hall–Kier alpha value is -1.08. The highest BCUT2D eigenvalue weighted by molar-refractivity contribution is 5.78. The van der Waals surface area contributed by atoms with E-state index < -0.39 is 0 Å². The Balaban J connectivity index is 4.23. The Morgan fingerprint density at radius 1 is 1.47 bits per heavy atom. The molecule has 0 aliphatic carbocycles. The third-order valence-corrected chi connectivity index (χ3v) is 1.81. The largest absolute Gasteiger partial charge is 0.366 e. The molecule has 0 unspecified atom stereocenters. The summed E-state index contributed by atoms with van der Waals surface area (Å²) in [4.78, 5) is 13.2. The minimum absolute atomic E-state index is 0.0284. The number of amides is 1. The van der Waals surface area contributed by atoms with Crippen LogP contribution in [0.25, 0.3) is 0 Å². The Morgan fingerprint density at radius 3 is 2.33 bits per heavy atom. The van der Waals surface area contributed by atoms with Crippen LogP contribution in [-0.4, -0.2) is 35.6 Å². The van der Waals surface area contributed by atoms with E-state index in [0.717, 1.165) is 0 Å². The molecule has 0 heterocycles. The summed E-state index contributed by atoms with van der Waals surface area (Å²) < 4.78 is 5.37. The zero-order chi connectivity index (χ0) is 12.1. The van der Waals surface area contributed by atoms with Crippen molar-refractivity contribution in [2.75, 3.05) is 13.2 Å². The second-order valence-electron chi connectivity index (χ2n) is 4.67. The number of hydrogen-bond acceptors (Lipinski definition) is 3. The van der Waals surface area contributed by atoms with Crippen LogP contribution in [0.3, 0.4) is 0 Å². The van der Waals surface area contributed by atoms with Crippen LogP contribution in [0.1, 0.15) is 34.6 Å². The Morgan fingerprint density at radius 2 is 2.00 bits per heavy atom. The monoisotopic (exact) mass is 212 g/mol. The summed E-state index contributed by atoms with van der Waals surface area (Å²) >= 11 is 0. The molecule has 0 saturated heterocycles. The Bertz CT molecular complexity index is 248. The van der Waals surface area contributed by atoms with Crippen LogP contribution in [0.5, 0.6) is 0 Å². The van der Waals surface area contributed by atoms with Gasteiger partial charge in [0.2, 0.25) is 5.91 Å². The Labute approximate surface area is 91.8 Å². The average Bonchev–Trinajstić information content (AvgIpc) is 2.08. The number of carbonyl (C=O) groups is 1. The van der Waals surface area contributed by atoms with Gasteiger partial charge in [-0.25, -0.2) is 0 Å². The summed E-state index contributed by atoms with van der Waals surface area (Å²) in [6.07, 6.45) is 0. The molecule has 0 aromatic heterocycles. The molecule has 0 fully saturated rings. The summed E-state index contributed by atoms with van der Waals surface area (Å²) in [5.41, 5.74) is -0.328. The van der Waals surface area contributed by atoms with Crippen molar-refractivity contribution in [3.8, 4) is 6.07 Å². The fourth-order valence-electron chi connectivity index (χ4n) is 0.996. The summed E-state index contributed by atoms with van der Waals surface area (Å²) in [6.45, 7) is 9.59. The zero-order valence-corrected chi connectivity index (χ0v) is 10.2. The molecular weight excluding hydrogens is 192 g/mol. The molecule has 0 aromatic carbocycles. The van der Waals surface area contributed by atoms with E-state index >= 15 is 0 Å². The smallest absolute Gasteiger partial charge is 0.249 e. The van der Waals surface area contributed by atoms with Crippen LogP contribution < -0.4 is 0 Å². The zero-order valence-electron chi connectivity index (χ0n) is 10.2. The van der Waals surface area contributed by atoms with Gasteiger partial charge in [-0.05, 0) is 34.6 Å². The SMILES string of the molecule is CC(C)N(CC#N)C(=O)COC(C)(C)C. The Kier molecular flexibility index (Phi) is 5.31. The number of nitrogens with zero attached hydrogens (tertiary/aromatic N) is 2. The van der Waals surface area contributed by atoms with Gasteiger partial charge in [0, 0.05) is 6.04 Å². The fourth-order valence-corrected chi connectivity index (χ4v) is 0.996. The van der Waals surface area contributed by atoms with Gasteiger partial charge in [0.25, 0.3) is 0 Å². The summed E-state index contributed by atoms with van der Waals surface area (Å²) in [5, 5.41) is 8.58. The normalized spacial score (nSPS) is 11.3. The molecule has 86 valence electrons. The quantitative estimate of drug-likeness (QED) is 0.664. The van der Waals surface area contributed by atoms with Gasteiger partial charge in [0.05, 0.1) is 11.7 Å². The van der Waals surface area contributed by atoms with Crippen LogP contribution in [0.15, 0.2) is 0 Å². The van der Waals surface area contributed by atoms with Crippen LogP contribution in [0, 0.1) is 11.3 Å². The maximum atomic E-state index is 11.7. The first-order chi connectivity index (χ1) is 6.78. The minimum Gasteiger partial charge on any atom is -0.366 e. The third-order valence-electron chi connectivity index (χ3n) is 1.81. The fraction of sp³-hybridized carbons (Fsp3) is 0.818. The van der Waals surface area contributed by atoms with Crippen LogP contribution in [-0.2, 0) is 9.53 Å². The lowest BCUT2D eigenvalue weighted by Crippen LogP contribution is -2.41. The average molecular weight is 212 g/mol. The highest BCUT2D eigenvalue weighted by Crippen LogP contribution is 2.07. The second kappa shape index (κ2) is 5.72. The van der Waals surface area contributed by atoms with Gasteiger partial charge in [-0.1, -0.05) is 0 Å². The molecule has 0 rings (SSSR count). The van der Waals surface area contributed by atoms with Crippen molar-refractivity contribution in [3.63, 3.8) is 0 Å². The van der Waals surface area contributed by atoms with E-state index in [0.29, 0.717) is 0 Å². The van der Waals surface area contributed by atoms with Crippen molar-refractivity contribution in [2.45, 2.75) is 46.3 Å².